The van der Waals surface area contributed by atoms with Gasteiger partial charge >= 0.3 is 0 Å². The van der Waals surface area contributed by atoms with E-state index in [4.69, 9.17) is 4.98 Å². The highest BCUT2D eigenvalue weighted by Gasteiger charge is 2.29. The molecule has 0 bridgehead atoms. The lowest BCUT2D eigenvalue weighted by atomic mass is 10.0. The molecule has 0 atom stereocenters. The van der Waals surface area contributed by atoms with E-state index in [0.29, 0.717) is 12.2 Å². The smallest absolute Gasteiger partial charge is 0.270 e. The lowest BCUT2D eigenvalue weighted by molar-refractivity contribution is 0.0940. The third kappa shape index (κ3) is 3.39. The Morgan fingerprint density at radius 1 is 1.00 bits per heavy atom. The summed E-state index contributed by atoms with van der Waals surface area (Å²) in [5, 5.41) is 2.90. The molecule has 0 unspecified atom stereocenters. The summed E-state index contributed by atoms with van der Waals surface area (Å²) in [5.41, 5.74) is 3.41. The third-order valence-corrected chi connectivity index (χ3v) is 5.32. The van der Waals surface area contributed by atoms with Gasteiger partial charge in [0.05, 0.1) is 11.4 Å². The fourth-order valence-corrected chi connectivity index (χ4v) is 3.77. The van der Waals surface area contributed by atoms with Gasteiger partial charge in [0.15, 0.2) is 0 Å². The molecule has 8 nitrogen and oxygen atoms in total. The summed E-state index contributed by atoms with van der Waals surface area (Å²) >= 11 is 0. The van der Waals surface area contributed by atoms with Gasteiger partial charge < -0.3 is 15.1 Å². The van der Waals surface area contributed by atoms with Crippen LogP contribution in [0.15, 0.2) is 6.20 Å². The van der Waals surface area contributed by atoms with Gasteiger partial charge in [0.2, 0.25) is 0 Å². The number of aryl methyl sites for hydroxylation is 2. The number of piperazine rings is 1. The van der Waals surface area contributed by atoms with Crippen molar-refractivity contribution in [1.29, 1.82) is 0 Å². The Kier molecular flexibility index (Phi) is 4.87. The molecule has 1 saturated heterocycles. The van der Waals surface area contributed by atoms with Crippen molar-refractivity contribution >= 4 is 17.5 Å². The molecule has 1 amide bonds. The predicted molar refractivity (Wildman–Crippen MR) is 108 cm³/mol. The lowest BCUT2D eigenvalue weighted by Crippen LogP contribution is -2.48. The molecule has 2 aromatic heterocycles. The van der Waals surface area contributed by atoms with Gasteiger partial charge in [-0.2, -0.15) is 0 Å². The van der Waals surface area contributed by atoms with E-state index in [0.717, 1.165) is 67.0 Å². The van der Waals surface area contributed by atoms with Crippen LogP contribution >= 0.6 is 0 Å². The van der Waals surface area contributed by atoms with Crippen molar-refractivity contribution in [2.45, 2.75) is 40.0 Å². The Hall–Kier alpha value is -2.77. The van der Waals surface area contributed by atoms with Gasteiger partial charge in [0.25, 0.3) is 5.91 Å². The van der Waals surface area contributed by atoms with Gasteiger partial charge in [-0.1, -0.05) is 13.8 Å². The Bertz CT molecular complexity index is 904. The maximum absolute atomic E-state index is 12.4. The molecule has 1 fully saturated rings. The van der Waals surface area contributed by atoms with Gasteiger partial charge in [-0.15, -0.1) is 0 Å². The Morgan fingerprint density at radius 2 is 1.68 bits per heavy atom. The summed E-state index contributed by atoms with van der Waals surface area (Å²) in [7, 11) is 0. The largest absolute Gasteiger partial charge is 0.353 e. The van der Waals surface area contributed by atoms with Crippen LogP contribution in [0.2, 0.25) is 0 Å². The van der Waals surface area contributed by atoms with Crippen LogP contribution in [0, 0.1) is 13.8 Å². The molecule has 2 aliphatic heterocycles. The van der Waals surface area contributed by atoms with Crippen LogP contribution in [0.25, 0.3) is 0 Å². The highest BCUT2D eigenvalue weighted by Crippen LogP contribution is 2.28. The minimum atomic E-state index is -0.0869. The molecular formula is C20H27N7O. The summed E-state index contributed by atoms with van der Waals surface area (Å²) in [5.74, 6) is 2.71. The number of anilines is 2. The average Bonchev–Trinajstić information content (AvgIpc) is 2.69. The molecular weight excluding hydrogens is 354 g/mol. The Balaban J connectivity index is 1.61. The average molecular weight is 381 g/mol. The minimum Gasteiger partial charge on any atom is -0.353 e. The van der Waals surface area contributed by atoms with Gasteiger partial charge in [0.1, 0.15) is 23.2 Å². The number of hydrogen-bond donors (Lipinski definition) is 1. The predicted octanol–water partition coefficient (Wildman–Crippen LogP) is 1.62. The Labute approximate surface area is 165 Å². The zero-order valence-corrected chi connectivity index (χ0v) is 17.0. The molecule has 8 heteroatoms. The molecule has 2 aliphatic rings. The van der Waals surface area contributed by atoms with Crippen LogP contribution in [0.1, 0.15) is 53.0 Å². The standard InChI is InChI=1S/C20H27N7O/c1-12(2)17-24-16-15(5-6-21-20(16)28)19(25-17)27-9-7-26(8-10-27)18-14(4)22-11-13(3)23-18/h11-12H,5-10H2,1-4H3,(H,21,28). The third-order valence-electron chi connectivity index (χ3n) is 5.32. The molecule has 2 aromatic rings. The topological polar surface area (TPSA) is 87.1 Å². The van der Waals surface area contributed by atoms with Crippen molar-refractivity contribution in [3.8, 4) is 0 Å². The number of rotatable bonds is 3. The molecule has 28 heavy (non-hydrogen) atoms. The second-order valence-corrected chi connectivity index (χ2v) is 7.79. The number of aromatic nitrogens is 4. The van der Waals surface area contributed by atoms with Crippen molar-refractivity contribution < 1.29 is 4.79 Å². The number of fused-ring (bicyclic) bond motifs is 1. The SMILES string of the molecule is Cc1cnc(C)c(N2CCN(c3nc(C(C)C)nc4c3CCNC4=O)CC2)n1. The van der Waals surface area contributed by atoms with E-state index in [-0.39, 0.29) is 11.8 Å². The van der Waals surface area contributed by atoms with Gasteiger partial charge in [-0.05, 0) is 20.3 Å². The van der Waals surface area contributed by atoms with Crippen molar-refractivity contribution in [3.05, 3.63) is 34.7 Å². The number of carbonyl (C=O) groups is 1. The fraction of sp³-hybridized carbons (Fsp3) is 0.550. The summed E-state index contributed by atoms with van der Waals surface area (Å²) in [6.45, 7) is 12.1. The van der Waals surface area contributed by atoms with Crippen molar-refractivity contribution in [1.82, 2.24) is 25.3 Å². The maximum Gasteiger partial charge on any atom is 0.270 e. The number of carbonyl (C=O) groups excluding carboxylic acids is 1. The van der Waals surface area contributed by atoms with Crippen LogP contribution in [0.4, 0.5) is 11.6 Å². The van der Waals surface area contributed by atoms with E-state index in [1.54, 1.807) is 6.20 Å². The van der Waals surface area contributed by atoms with E-state index >= 15 is 0 Å². The minimum absolute atomic E-state index is 0.0869. The Morgan fingerprint density at radius 3 is 2.36 bits per heavy atom. The highest BCUT2D eigenvalue weighted by atomic mass is 16.1. The second kappa shape index (κ2) is 7.33. The van der Waals surface area contributed by atoms with Crippen LogP contribution in [0.3, 0.4) is 0 Å². The fourth-order valence-electron chi connectivity index (χ4n) is 3.77. The number of nitrogens with one attached hydrogen (secondary N) is 1. The van der Waals surface area contributed by atoms with Crippen LogP contribution in [0.5, 0.6) is 0 Å². The molecule has 0 aliphatic carbocycles. The first-order valence-electron chi connectivity index (χ1n) is 9.93. The van der Waals surface area contributed by atoms with Gasteiger partial charge in [-0.3, -0.25) is 9.78 Å². The lowest BCUT2D eigenvalue weighted by Gasteiger charge is -2.38. The zero-order valence-electron chi connectivity index (χ0n) is 17.0. The molecule has 0 spiro atoms. The number of amides is 1. The number of nitrogens with zero attached hydrogens (tertiary/aromatic N) is 6. The van der Waals surface area contributed by atoms with Crippen LogP contribution < -0.4 is 15.1 Å². The first kappa shape index (κ1) is 18.6. The van der Waals surface area contributed by atoms with Crippen molar-refractivity contribution in [3.63, 3.8) is 0 Å². The first-order valence-corrected chi connectivity index (χ1v) is 9.93. The zero-order chi connectivity index (χ0) is 19.8. The first-order chi connectivity index (χ1) is 13.4. The molecule has 0 saturated carbocycles. The van der Waals surface area contributed by atoms with Crippen molar-refractivity contribution in [2.75, 3.05) is 42.5 Å². The van der Waals surface area contributed by atoms with E-state index in [9.17, 15) is 4.79 Å². The summed E-state index contributed by atoms with van der Waals surface area (Å²) in [4.78, 5) is 35.5. The molecule has 1 N–H and O–H groups in total. The van der Waals surface area contributed by atoms with E-state index in [1.807, 2.05) is 13.8 Å². The van der Waals surface area contributed by atoms with Crippen LogP contribution in [-0.2, 0) is 6.42 Å². The van der Waals surface area contributed by atoms with E-state index in [1.165, 1.54) is 0 Å². The summed E-state index contributed by atoms with van der Waals surface area (Å²) in [6.07, 6.45) is 2.58. The molecule has 0 radical (unpaired) electrons. The molecule has 4 heterocycles. The second-order valence-electron chi connectivity index (χ2n) is 7.79. The van der Waals surface area contributed by atoms with Crippen LogP contribution in [-0.4, -0.2) is 58.6 Å². The quantitative estimate of drug-likeness (QED) is 0.864. The van der Waals surface area contributed by atoms with E-state index in [2.05, 4.69) is 43.9 Å². The van der Waals surface area contributed by atoms with E-state index < -0.39 is 0 Å². The molecule has 4 rings (SSSR count). The molecule has 0 aromatic carbocycles. The maximum atomic E-state index is 12.4. The van der Waals surface area contributed by atoms with Gasteiger partial charge in [-0.25, -0.2) is 15.0 Å². The summed E-state index contributed by atoms with van der Waals surface area (Å²) in [6, 6.07) is 0. The monoisotopic (exact) mass is 381 g/mol. The van der Waals surface area contributed by atoms with Crippen molar-refractivity contribution in [2.24, 2.45) is 0 Å². The summed E-state index contributed by atoms with van der Waals surface area (Å²) < 4.78 is 0. The highest BCUT2D eigenvalue weighted by molar-refractivity contribution is 5.96. The van der Waals surface area contributed by atoms with Gasteiger partial charge in [0, 0.05) is 50.4 Å². The molecule has 148 valence electrons. The normalized spacial score (nSPS) is 17.0. The number of hydrogen-bond acceptors (Lipinski definition) is 7.